The summed E-state index contributed by atoms with van der Waals surface area (Å²) in [4.78, 5) is 11.7. The summed E-state index contributed by atoms with van der Waals surface area (Å²) in [6.45, 7) is 0.854. The smallest absolute Gasteiger partial charge is 0.241 e. The molecule has 1 saturated heterocycles. The third-order valence-corrected chi connectivity index (χ3v) is 2.87. The maximum atomic E-state index is 13.1. The molecule has 1 aliphatic heterocycles. The maximum absolute atomic E-state index is 13.1. The van der Waals surface area contributed by atoms with Crippen LogP contribution in [0, 0.1) is 5.82 Å². The average molecular weight is 279 g/mol. The zero-order chi connectivity index (χ0) is 11.5. The quantitative estimate of drug-likeness (QED) is 0.873. The highest BCUT2D eigenvalue weighted by atomic mass is 35.5. The lowest BCUT2D eigenvalue weighted by molar-refractivity contribution is -0.117. The lowest BCUT2D eigenvalue weighted by Crippen LogP contribution is -2.35. The van der Waals surface area contributed by atoms with E-state index >= 15 is 0 Å². The molecule has 2 N–H and O–H groups in total. The van der Waals surface area contributed by atoms with Gasteiger partial charge in [0.15, 0.2) is 0 Å². The summed E-state index contributed by atoms with van der Waals surface area (Å²) in [5, 5.41) is 5.78. The molecule has 6 heteroatoms. The third kappa shape index (κ3) is 3.56. The minimum atomic E-state index is -0.529. The number of halogens is 3. The van der Waals surface area contributed by atoms with E-state index in [4.69, 9.17) is 11.6 Å². The van der Waals surface area contributed by atoms with Crippen LogP contribution >= 0.6 is 24.0 Å². The van der Waals surface area contributed by atoms with E-state index in [9.17, 15) is 9.18 Å². The van der Waals surface area contributed by atoms with Gasteiger partial charge in [0.05, 0.1) is 11.1 Å². The van der Waals surface area contributed by atoms with Crippen LogP contribution in [0.5, 0.6) is 0 Å². The van der Waals surface area contributed by atoms with Crippen molar-refractivity contribution in [2.24, 2.45) is 0 Å². The lowest BCUT2D eigenvalue weighted by Gasteiger charge is -2.11. The fourth-order valence-corrected chi connectivity index (χ4v) is 1.83. The second kappa shape index (κ2) is 6.19. The van der Waals surface area contributed by atoms with Crippen molar-refractivity contribution in [2.75, 3.05) is 11.9 Å². The van der Waals surface area contributed by atoms with Gasteiger partial charge in [-0.25, -0.2) is 4.39 Å². The molecule has 1 heterocycles. The topological polar surface area (TPSA) is 41.1 Å². The Morgan fingerprint density at radius 3 is 2.88 bits per heavy atom. The molecule has 0 spiro atoms. The number of amides is 1. The van der Waals surface area contributed by atoms with Crippen molar-refractivity contribution in [3.63, 3.8) is 0 Å². The maximum Gasteiger partial charge on any atom is 0.241 e. The van der Waals surface area contributed by atoms with Crippen LogP contribution in [0.3, 0.4) is 0 Å². The summed E-state index contributed by atoms with van der Waals surface area (Å²) in [5.74, 6) is -0.655. The predicted molar refractivity (Wildman–Crippen MR) is 68.3 cm³/mol. The van der Waals surface area contributed by atoms with Gasteiger partial charge in [-0.2, -0.15) is 0 Å². The average Bonchev–Trinajstić information content (AvgIpc) is 2.77. The van der Waals surface area contributed by atoms with E-state index in [1.807, 2.05) is 0 Å². The van der Waals surface area contributed by atoms with Gasteiger partial charge in [-0.15, -0.1) is 12.4 Å². The number of hydrogen-bond donors (Lipinski definition) is 2. The summed E-state index contributed by atoms with van der Waals surface area (Å²) in [7, 11) is 0. The van der Waals surface area contributed by atoms with E-state index in [-0.39, 0.29) is 29.4 Å². The summed E-state index contributed by atoms with van der Waals surface area (Å²) in [6, 6.07) is 4.06. The molecule has 0 saturated carbocycles. The van der Waals surface area contributed by atoms with Crippen LogP contribution in [-0.4, -0.2) is 18.5 Å². The predicted octanol–water partition coefficient (Wildman–Crippen LogP) is 2.59. The molecule has 94 valence electrons. The summed E-state index contributed by atoms with van der Waals surface area (Å²) in [5.41, 5.74) is 0.431. The second-order valence-electron chi connectivity index (χ2n) is 3.77. The molecule has 1 aliphatic rings. The normalized spacial score (nSPS) is 18.6. The Morgan fingerprint density at radius 1 is 1.53 bits per heavy atom. The number of nitrogens with one attached hydrogen (secondary N) is 2. The van der Waals surface area contributed by atoms with Crippen molar-refractivity contribution in [3.8, 4) is 0 Å². The van der Waals surface area contributed by atoms with Crippen molar-refractivity contribution in [2.45, 2.75) is 18.9 Å². The first-order valence-corrected chi connectivity index (χ1v) is 5.54. The lowest BCUT2D eigenvalue weighted by atomic mass is 10.2. The number of carbonyl (C=O) groups is 1. The van der Waals surface area contributed by atoms with Crippen LogP contribution in [0.2, 0.25) is 5.02 Å². The molecule has 0 unspecified atom stereocenters. The van der Waals surface area contributed by atoms with Gasteiger partial charge in [0.1, 0.15) is 5.82 Å². The summed E-state index contributed by atoms with van der Waals surface area (Å²) in [6.07, 6.45) is 1.81. The molecule has 0 bridgehead atoms. The number of anilines is 1. The number of rotatable bonds is 2. The fraction of sp³-hybridized carbons (Fsp3) is 0.364. The minimum absolute atomic E-state index is 0. The minimum Gasteiger partial charge on any atom is -0.325 e. The molecule has 1 aromatic rings. The molecule has 1 aromatic carbocycles. The summed E-state index contributed by atoms with van der Waals surface area (Å²) < 4.78 is 13.1. The Morgan fingerprint density at radius 2 is 2.29 bits per heavy atom. The summed E-state index contributed by atoms with van der Waals surface area (Å²) >= 11 is 5.54. The van der Waals surface area contributed by atoms with Crippen LogP contribution in [0.15, 0.2) is 18.2 Å². The van der Waals surface area contributed by atoms with E-state index in [0.29, 0.717) is 5.69 Å². The van der Waals surface area contributed by atoms with Crippen LogP contribution in [-0.2, 0) is 4.79 Å². The highest BCUT2D eigenvalue weighted by Gasteiger charge is 2.21. The van der Waals surface area contributed by atoms with Crippen molar-refractivity contribution in [1.82, 2.24) is 5.32 Å². The van der Waals surface area contributed by atoms with E-state index in [0.717, 1.165) is 19.4 Å². The molecular weight excluding hydrogens is 266 g/mol. The number of hydrogen-bond acceptors (Lipinski definition) is 2. The Labute approximate surface area is 110 Å². The Hall–Kier alpha value is -0.840. The number of benzene rings is 1. The van der Waals surface area contributed by atoms with Gasteiger partial charge in [-0.3, -0.25) is 4.79 Å². The van der Waals surface area contributed by atoms with Crippen LogP contribution < -0.4 is 10.6 Å². The number of carbonyl (C=O) groups excluding carboxylic acids is 1. The molecular formula is C11H13Cl2FN2O. The first-order chi connectivity index (χ1) is 7.66. The van der Waals surface area contributed by atoms with Gasteiger partial charge in [0.2, 0.25) is 5.91 Å². The van der Waals surface area contributed by atoms with Gasteiger partial charge in [-0.05, 0) is 37.6 Å². The van der Waals surface area contributed by atoms with Crippen molar-refractivity contribution in [1.29, 1.82) is 0 Å². The Kier molecular flexibility index (Phi) is 5.18. The molecule has 17 heavy (non-hydrogen) atoms. The first-order valence-electron chi connectivity index (χ1n) is 5.16. The largest absolute Gasteiger partial charge is 0.325 e. The molecule has 0 aliphatic carbocycles. The Bertz CT molecular complexity index is 408. The van der Waals surface area contributed by atoms with Gasteiger partial charge in [0, 0.05) is 5.69 Å². The SMILES string of the molecule is Cl.O=C(Nc1ccc(Cl)c(F)c1)[C@@H]1CCCN1. The van der Waals surface area contributed by atoms with E-state index in [1.54, 1.807) is 6.07 Å². The molecule has 0 radical (unpaired) electrons. The van der Waals surface area contributed by atoms with E-state index in [2.05, 4.69) is 10.6 Å². The van der Waals surface area contributed by atoms with Crippen LogP contribution in [0.1, 0.15) is 12.8 Å². The first kappa shape index (κ1) is 14.2. The van der Waals surface area contributed by atoms with Gasteiger partial charge >= 0.3 is 0 Å². The van der Waals surface area contributed by atoms with Crippen molar-refractivity contribution in [3.05, 3.63) is 29.0 Å². The standard InChI is InChI=1S/C11H12ClFN2O.ClH/c12-8-4-3-7(6-9(8)13)15-11(16)10-2-1-5-14-10;/h3-4,6,10,14H,1-2,5H2,(H,15,16);1H/t10-;/m0./s1. The molecule has 2 rings (SSSR count). The molecule has 1 atom stereocenters. The highest BCUT2D eigenvalue weighted by Crippen LogP contribution is 2.19. The van der Waals surface area contributed by atoms with Gasteiger partial charge < -0.3 is 10.6 Å². The van der Waals surface area contributed by atoms with Gasteiger partial charge in [0.25, 0.3) is 0 Å². The zero-order valence-electron chi connectivity index (χ0n) is 9.00. The second-order valence-corrected chi connectivity index (χ2v) is 4.17. The van der Waals surface area contributed by atoms with Crippen molar-refractivity contribution < 1.29 is 9.18 Å². The molecule has 3 nitrogen and oxygen atoms in total. The molecule has 1 fully saturated rings. The van der Waals surface area contributed by atoms with Crippen molar-refractivity contribution >= 4 is 35.6 Å². The molecule has 0 aromatic heterocycles. The molecule has 1 amide bonds. The van der Waals surface area contributed by atoms with E-state index in [1.165, 1.54) is 12.1 Å². The third-order valence-electron chi connectivity index (χ3n) is 2.56. The highest BCUT2D eigenvalue weighted by molar-refractivity contribution is 6.30. The van der Waals surface area contributed by atoms with Crippen LogP contribution in [0.4, 0.5) is 10.1 Å². The van der Waals surface area contributed by atoms with Gasteiger partial charge in [-0.1, -0.05) is 11.6 Å². The van der Waals surface area contributed by atoms with E-state index < -0.39 is 5.82 Å². The Balaban J connectivity index is 0.00000144. The monoisotopic (exact) mass is 278 g/mol. The fourth-order valence-electron chi connectivity index (χ4n) is 1.71. The van der Waals surface area contributed by atoms with Crippen LogP contribution in [0.25, 0.3) is 0 Å². The zero-order valence-corrected chi connectivity index (χ0v) is 10.6.